The fourth-order valence-corrected chi connectivity index (χ4v) is 3.19. The lowest BCUT2D eigenvalue weighted by atomic mass is 10.1. The Morgan fingerprint density at radius 3 is 2.71 bits per heavy atom. The second-order valence-corrected chi connectivity index (χ2v) is 6.99. The molecule has 0 bridgehead atoms. The Morgan fingerprint density at radius 1 is 1.16 bits per heavy atom. The molecule has 9 nitrogen and oxygen atoms in total. The summed E-state index contributed by atoms with van der Waals surface area (Å²) in [5.41, 5.74) is 1.76. The van der Waals surface area contributed by atoms with Crippen LogP contribution in [0.15, 0.2) is 59.4 Å². The SMILES string of the molecule is COc1ccccc1-c1noc(COC(=O)c2cnn(-c3ccccn3)c2C(C)C)n1. The zero-order valence-electron chi connectivity index (χ0n) is 17.3. The van der Waals surface area contributed by atoms with Crippen LogP contribution in [0.25, 0.3) is 17.2 Å². The first-order valence-corrected chi connectivity index (χ1v) is 9.71. The topological polar surface area (TPSA) is 105 Å². The van der Waals surface area contributed by atoms with Crippen LogP contribution in [0, 0.1) is 0 Å². The van der Waals surface area contributed by atoms with Gasteiger partial charge < -0.3 is 14.0 Å². The predicted octanol–water partition coefficient (Wildman–Crippen LogP) is 3.81. The van der Waals surface area contributed by atoms with Gasteiger partial charge in [0.1, 0.15) is 11.3 Å². The first-order valence-electron chi connectivity index (χ1n) is 9.71. The van der Waals surface area contributed by atoms with Crippen LogP contribution in [0.1, 0.15) is 41.7 Å². The summed E-state index contributed by atoms with van der Waals surface area (Å²) in [4.78, 5) is 21.4. The van der Waals surface area contributed by atoms with Gasteiger partial charge in [-0.1, -0.05) is 37.2 Å². The number of ether oxygens (including phenoxy) is 2. The summed E-state index contributed by atoms with van der Waals surface area (Å²) < 4.78 is 17.6. The number of aromatic nitrogens is 5. The minimum Gasteiger partial charge on any atom is -0.496 e. The maximum atomic E-state index is 12.8. The molecule has 0 unspecified atom stereocenters. The van der Waals surface area contributed by atoms with Crippen molar-refractivity contribution in [2.75, 3.05) is 7.11 Å². The van der Waals surface area contributed by atoms with Gasteiger partial charge in [-0.25, -0.2) is 14.5 Å². The Hall–Kier alpha value is -4.01. The van der Waals surface area contributed by atoms with Gasteiger partial charge in [0.15, 0.2) is 12.4 Å². The number of rotatable bonds is 7. The second kappa shape index (κ2) is 8.78. The smallest absolute Gasteiger partial charge is 0.342 e. The molecule has 0 atom stereocenters. The molecular weight excluding hydrogens is 398 g/mol. The van der Waals surface area contributed by atoms with E-state index in [2.05, 4.69) is 20.2 Å². The number of esters is 1. The van der Waals surface area contributed by atoms with E-state index in [0.29, 0.717) is 34.2 Å². The lowest BCUT2D eigenvalue weighted by molar-refractivity contribution is 0.0428. The van der Waals surface area contributed by atoms with Crippen molar-refractivity contribution in [1.82, 2.24) is 24.9 Å². The van der Waals surface area contributed by atoms with E-state index in [1.54, 1.807) is 24.1 Å². The molecule has 3 heterocycles. The molecule has 9 heteroatoms. The number of carbonyl (C=O) groups excluding carboxylic acids is 1. The van der Waals surface area contributed by atoms with Gasteiger partial charge >= 0.3 is 5.97 Å². The average molecular weight is 419 g/mol. The Kier molecular flexibility index (Phi) is 5.74. The van der Waals surface area contributed by atoms with Crippen LogP contribution in [-0.2, 0) is 11.3 Å². The fourth-order valence-electron chi connectivity index (χ4n) is 3.19. The van der Waals surface area contributed by atoms with Crippen LogP contribution in [0.3, 0.4) is 0 Å². The molecule has 0 radical (unpaired) electrons. The van der Waals surface area contributed by atoms with Gasteiger partial charge in [-0.3, -0.25) is 0 Å². The quantitative estimate of drug-likeness (QED) is 0.417. The summed E-state index contributed by atoms with van der Waals surface area (Å²) in [6.45, 7) is 3.79. The molecule has 0 aliphatic carbocycles. The molecule has 158 valence electrons. The van der Waals surface area contributed by atoms with E-state index in [1.165, 1.54) is 6.20 Å². The number of carbonyl (C=O) groups is 1. The van der Waals surface area contributed by atoms with E-state index < -0.39 is 5.97 Å². The van der Waals surface area contributed by atoms with E-state index >= 15 is 0 Å². The molecule has 31 heavy (non-hydrogen) atoms. The molecule has 0 amide bonds. The molecule has 0 saturated carbocycles. The van der Waals surface area contributed by atoms with E-state index in [-0.39, 0.29) is 18.4 Å². The maximum Gasteiger partial charge on any atom is 0.342 e. The molecule has 4 rings (SSSR count). The third-order valence-electron chi connectivity index (χ3n) is 4.58. The summed E-state index contributed by atoms with van der Waals surface area (Å²) in [5.74, 6) is 1.28. The molecule has 0 aliphatic heterocycles. The van der Waals surface area contributed by atoms with Gasteiger partial charge in [0.25, 0.3) is 5.89 Å². The zero-order valence-corrected chi connectivity index (χ0v) is 17.3. The molecule has 0 N–H and O–H groups in total. The summed E-state index contributed by atoms with van der Waals surface area (Å²) in [6.07, 6.45) is 3.16. The fraction of sp³-hybridized carbons (Fsp3) is 0.227. The van der Waals surface area contributed by atoms with Gasteiger partial charge in [-0.05, 0) is 30.2 Å². The summed E-state index contributed by atoms with van der Waals surface area (Å²) >= 11 is 0. The number of para-hydroxylation sites is 1. The predicted molar refractivity (Wildman–Crippen MR) is 111 cm³/mol. The Bertz CT molecular complexity index is 1180. The van der Waals surface area contributed by atoms with Crippen LogP contribution >= 0.6 is 0 Å². The normalized spacial score (nSPS) is 11.0. The third-order valence-corrected chi connectivity index (χ3v) is 4.58. The molecule has 3 aromatic heterocycles. The van der Waals surface area contributed by atoms with Crippen LogP contribution in [-0.4, -0.2) is 38.0 Å². The maximum absolute atomic E-state index is 12.8. The number of benzene rings is 1. The van der Waals surface area contributed by atoms with Crippen molar-refractivity contribution in [3.8, 4) is 23.0 Å². The molecular formula is C22H21N5O4. The second-order valence-electron chi connectivity index (χ2n) is 6.99. The van der Waals surface area contributed by atoms with Crippen LogP contribution < -0.4 is 4.74 Å². The molecule has 0 saturated heterocycles. The van der Waals surface area contributed by atoms with Crippen molar-refractivity contribution in [3.05, 3.63) is 72.0 Å². The highest BCUT2D eigenvalue weighted by atomic mass is 16.6. The molecule has 1 aromatic carbocycles. The van der Waals surface area contributed by atoms with Crippen molar-refractivity contribution < 1.29 is 18.8 Å². The summed E-state index contributed by atoms with van der Waals surface area (Å²) in [6, 6.07) is 12.8. The Morgan fingerprint density at radius 2 is 1.97 bits per heavy atom. The van der Waals surface area contributed by atoms with E-state index in [0.717, 1.165) is 0 Å². The van der Waals surface area contributed by atoms with Gasteiger partial charge in [0, 0.05) is 6.20 Å². The number of hydrogen-bond donors (Lipinski definition) is 0. The highest BCUT2D eigenvalue weighted by Crippen LogP contribution is 2.27. The lowest BCUT2D eigenvalue weighted by Gasteiger charge is -2.11. The van der Waals surface area contributed by atoms with E-state index in [4.69, 9.17) is 14.0 Å². The number of pyridine rings is 1. The Balaban J connectivity index is 1.51. The molecule has 0 spiro atoms. The number of hydrogen-bond acceptors (Lipinski definition) is 8. The van der Waals surface area contributed by atoms with Crippen molar-refractivity contribution in [2.45, 2.75) is 26.4 Å². The Labute approximate surface area is 178 Å². The van der Waals surface area contributed by atoms with E-state index in [9.17, 15) is 4.79 Å². The van der Waals surface area contributed by atoms with Gasteiger partial charge in [0.05, 0.1) is 24.6 Å². The molecule has 0 fully saturated rings. The average Bonchev–Trinajstić information content (AvgIpc) is 3.45. The van der Waals surface area contributed by atoms with Gasteiger partial charge in [0.2, 0.25) is 5.82 Å². The first-order chi connectivity index (χ1) is 15.1. The standard InChI is InChI=1S/C22H21N5O4/c1-14(2)20-16(12-24-27(20)18-10-6-7-11-23-18)22(28)30-13-19-25-21(26-31-19)15-8-4-5-9-17(15)29-3/h4-12,14H,13H2,1-3H3. The zero-order chi connectivity index (χ0) is 21.8. The number of methoxy groups -OCH3 is 1. The molecule has 0 aliphatic rings. The third kappa shape index (κ3) is 4.16. The van der Waals surface area contributed by atoms with Crippen molar-refractivity contribution in [1.29, 1.82) is 0 Å². The highest BCUT2D eigenvalue weighted by molar-refractivity contribution is 5.90. The monoisotopic (exact) mass is 419 g/mol. The van der Waals surface area contributed by atoms with Crippen molar-refractivity contribution in [3.63, 3.8) is 0 Å². The van der Waals surface area contributed by atoms with Crippen LogP contribution in [0.2, 0.25) is 0 Å². The first kappa shape index (κ1) is 20.3. The lowest BCUT2D eigenvalue weighted by Crippen LogP contribution is -2.12. The van der Waals surface area contributed by atoms with Gasteiger partial charge in [-0.2, -0.15) is 10.1 Å². The summed E-state index contributed by atoms with van der Waals surface area (Å²) in [5, 5.41) is 8.29. The summed E-state index contributed by atoms with van der Waals surface area (Å²) in [7, 11) is 1.57. The van der Waals surface area contributed by atoms with Crippen LogP contribution in [0.5, 0.6) is 5.75 Å². The number of nitrogens with zero attached hydrogens (tertiary/aromatic N) is 5. The van der Waals surface area contributed by atoms with Gasteiger partial charge in [-0.15, -0.1) is 0 Å². The minimum absolute atomic E-state index is 0.0209. The largest absolute Gasteiger partial charge is 0.496 e. The minimum atomic E-state index is -0.525. The van der Waals surface area contributed by atoms with Crippen molar-refractivity contribution >= 4 is 5.97 Å². The van der Waals surface area contributed by atoms with Crippen LogP contribution in [0.4, 0.5) is 0 Å². The highest BCUT2D eigenvalue weighted by Gasteiger charge is 2.23. The molecule has 4 aromatic rings. The van der Waals surface area contributed by atoms with E-state index in [1.807, 2.05) is 50.2 Å². The van der Waals surface area contributed by atoms with Crippen molar-refractivity contribution in [2.24, 2.45) is 0 Å².